The smallest absolute Gasteiger partial charge is 0.336 e. The number of carbonyl (C=O) groups excluding carboxylic acids is 4. The number of carboxylic acids is 1. The van der Waals surface area contributed by atoms with Crippen LogP contribution in [0.4, 0.5) is 5.69 Å². The summed E-state index contributed by atoms with van der Waals surface area (Å²) in [5, 5.41) is 31.9. The van der Waals surface area contributed by atoms with Crippen molar-refractivity contribution >= 4 is 64.1 Å². The molecule has 0 saturated heterocycles. The second-order valence-electron chi connectivity index (χ2n) is 18.2. The number of aromatic amines is 1. The second-order valence-corrected chi connectivity index (χ2v) is 18.2. The fourth-order valence-corrected chi connectivity index (χ4v) is 7.81. The number of nitrogens with two attached hydrogens (primary N) is 4. The van der Waals surface area contributed by atoms with Gasteiger partial charge in [-0.05, 0) is 120 Å². The van der Waals surface area contributed by atoms with Crippen molar-refractivity contribution in [2.75, 3.05) is 84.4 Å². The van der Waals surface area contributed by atoms with E-state index < -0.39 is 53.9 Å². The SMILES string of the molecule is Cc1n[nH]c(C)c1CCCOc1cc(OCCCC(C=NCCOCCOCCOCCC(=O)NC(CCCN=C(N)N)C(=O)NCC(=O)NC(CCCCN)C(=O)Nc2ccc3c(C)cc(=O)oc3c2)=NN)cc(C(=O)O)c1. The van der Waals surface area contributed by atoms with E-state index in [0.29, 0.717) is 105 Å². The van der Waals surface area contributed by atoms with Gasteiger partial charge in [0.05, 0.1) is 82.9 Å². The number of amides is 4. The molecule has 0 spiro atoms. The van der Waals surface area contributed by atoms with E-state index in [4.69, 9.17) is 51.1 Å². The molecule has 0 bridgehead atoms. The lowest BCUT2D eigenvalue weighted by Gasteiger charge is -2.20. The zero-order chi connectivity index (χ0) is 57.4. The van der Waals surface area contributed by atoms with Gasteiger partial charge in [0.25, 0.3) is 0 Å². The number of carboxylic acid groups (broad SMARTS) is 1. The number of anilines is 1. The number of hydrogen-bond acceptors (Lipinski definition) is 18. The molecular weight excluding hydrogens is 1030 g/mol. The summed E-state index contributed by atoms with van der Waals surface area (Å²) in [6.45, 7) is 8.22. The van der Waals surface area contributed by atoms with Crippen molar-refractivity contribution in [1.82, 2.24) is 26.1 Å². The third-order valence-corrected chi connectivity index (χ3v) is 11.9. The van der Waals surface area contributed by atoms with Crippen LogP contribution in [-0.4, -0.2) is 154 Å². The molecule has 26 heteroatoms. The summed E-state index contributed by atoms with van der Waals surface area (Å²) in [5.41, 5.74) is 21.1. The van der Waals surface area contributed by atoms with Crippen LogP contribution in [0, 0.1) is 20.8 Å². The number of unbranched alkanes of at least 4 members (excludes halogenated alkanes) is 1. The molecule has 2 aromatic carbocycles. The summed E-state index contributed by atoms with van der Waals surface area (Å²) < 4.78 is 33.7. The Morgan fingerprint density at radius 1 is 0.772 bits per heavy atom. The van der Waals surface area contributed by atoms with Crippen LogP contribution in [-0.2, 0) is 39.8 Å². The number of ether oxygens (including phenoxy) is 5. The lowest BCUT2D eigenvalue weighted by molar-refractivity contribution is -0.131. The van der Waals surface area contributed by atoms with Gasteiger partial charge in [-0.15, -0.1) is 0 Å². The Kier molecular flexibility index (Phi) is 28.6. The Labute approximate surface area is 458 Å². The van der Waals surface area contributed by atoms with Gasteiger partial charge >= 0.3 is 11.6 Å². The number of aliphatic imine (C=N–C) groups is 2. The average Bonchev–Trinajstić information content (AvgIpc) is 3.73. The van der Waals surface area contributed by atoms with Crippen molar-refractivity contribution in [2.24, 2.45) is 38.1 Å². The molecular formula is C53H77N13O13. The van der Waals surface area contributed by atoms with Crippen LogP contribution in [0.15, 0.2) is 66.8 Å². The fourth-order valence-electron chi connectivity index (χ4n) is 7.81. The maximum atomic E-state index is 13.4. The molecule has 2 heterocycles. The van der Waals surface area contributed by atoms with Gasteiger partial charge in [0, 0.05) is 54.1 Å². The van der Waals surface area contributed by atoms with E-state index in [9.17, 15) is 33.9 Å². The number of aryl methyl sites for hydroxylation is 3. The van der Waals surface area contributed by atoms with E-state index in [-0.39, 0.29) is 63.8 Å². The minimum Gasteiger partial charge on any atom is -0.493 e. The van der Waals surface area contributed by atoms with Gasteiger partial charge in [-0.25, -0.2) is 9.59 Å². The van der Waals surface area contributed by atoms with Crippen LogP contribution in [0.3, 0.4) is 0 Å². The molecule has 0 aliphatic heterocycles. The number of carbonyl (C=O) groups is 5. The zero-order valence-corrected chi connectivity index (χ0v) is 45.3. The molecule has 0 saturated carbocycles. The molecule has 2 aromatic heterocycles. The highest BCUT2D eigenvalue weighted by molar-refractivity contribution is 6.30. The van der Waals surface area contributed by atoms with Crippen molar-refractivity contribution in [3.63, 3.8) is 0 Å². The fraction of sp³-hybridized carbons (Fsp3) is 0.509. The monoisotopic (exact) mass is 1100 g/mol. The van der Waals surface area contributed by atoms with E-state index in [1.54, 1.807) is 31.3 Å². The van der Waals surface area contributed by atoms with E-state index in [2.05, 4.69) is 46.6 Å². The summed E-state index contributed by atoms with van der Waals surface area (Å²) >= 11 is 0. The lowest BCUT2D eigenvalue weighted by atomic mass is 10.1. The normalized spacial score (nSPS) is 12.2. The highest BCUT2D eigenvalue weighted by Gasteiger charge is 2.24. The second kappa shape index (κ2) is 35.5. The van der Waals surface area contributed by atoms with Gasteiger partial charge in [-0.1, -0.05) is 0 Å². The minimum absolute atomic E-state index is 0.0434. The number of hydrazone groups is 1. The standard InChI is InChI=1S/C53H77N13O13/c1-34-27-49(69)79-46-30-38(13-14-42(34)46)61-51(71)45(11-4-5-16-54)63-48(68)33-60-50(70)44(12-6-17-59-53(55)56)62-47(67)15-21-74-23-25-76-26-24-75-22-18-58-32-39(64-57)9-7-19-77-40-28-37(52(72)73)29-41(31-40)78-20-8-10-43-35(2)65-66-36(43)3/h13-14,27-32,44-45H,4-12,15-26,33,54,57H2,1-3H3,(H,60,70)(H,61,71)(H,62,67)(H,63,68)(H,65,66)(H,72,73)(H4,55,56,59). The Morgan fingerprint density at radius 3 is 2.11 bits per heavy atom. The third-order valence-electron chi connectivity index (χ3n) is 11.9. The van der Waals surface area contributed by atoms with E-state index in [1.807, 2.05) is 13.8 Å². The Bertz CT molecular complexity index is 2720. The summed E-state index contributed by atoms with van der Waals surface area (Å²) in [5.74, 6) is 2.86. The van der Waals surface area contributed by atoms with Gasteiger partial charge in [0.15, 0.2) is 5.96 Å². The van der Waals surface area contributed by atoms with Crippen molar-refractivity contribution in [1.29, 1.82) is 0 Å². The van der Waals surface area contributed by atoms with Gasteiger partial charge < -0.3 is 77.5 Å². The molecule has 4 rings (SSSR count). The van der Waals surface area contributed by atoms with Crippen LogP contribution in [0.1, 0.15) is 90.7 Å². The van der Waals surface area contributed by atoms with Gasteiger partial charge in [-0.3, -0.25) is 34.3 Å². The largest absolute Gasteiger partial charge is 0.493 e. The van der Waals surface area contributed by atoms with Crippen LogP contribution < -0.4 is 59.4 Å². The molecule has 4 amide bonds. The summed E-state index contributed by atoms with van der Waals surface area (Å²) in [6, 6.07) is 8.83. The van der Waals surface area contributed by atoms with Crippen LogP contribution in [0.2, 0.25) is 0 Å². The number of hydrogen-bond donors (Lipinski definition) is 10. The number of guanidine groups is 1. The number of aromatic nitrogens is 2. The number of H-pyrrole nitrogens is 1. The number of rotatable bonds is 39. The number of aromatic carboxylic acids is 1. The third kappa shape index (κ3) is 24.5. The molecule has 0 aliphatic rings. The molecule has 79 heavy (non-hydrogen) atoms. The van der Waals surface area contributed by atoms with E-state index >= 15 is 0 Å². The summed E-state index contributed by atoms with van der Waals surface area (Å²) in [4.78, 5) is 84.6. The molecule has 2 atom stereocenters. The van der Waals surface area contributed by atoms with Crippen molar-refractivity contribution in [3.8, 4) is 11.5 Å². The zero-order valence-electron chi connectivity index (χ0n) is 45.3. The highest BCUT2D eigenvalue weighted by Crippen LogP contribution is 2.25. The summed E-state index contributed by atoms with van der Waals surface area (Å²) in [7, 11) is 0. The number of fused-ring (bicyclic) bond motifs is 1. The molecule has 432 valence electrons. The van der Waals surface area contributed by atoms with E-state index in [0.717, 1.165) is 35.4 Å². The minimum atomic E-state index is -1.09. The number of nitrogens with one attached hydrogen (secondary N) is 5. The maximum absolute atomic E-state index is 13.4. The van der Waals surface area contributed by atoms with E-state index in [1.165, 1.54) is 24.3 Å². The Morgan fingerprint density at radius 2 is 1.44 bits per heavy atom. The topological polar surface area (TPSA) is 400 Å². The molecule has 2 unspecified atom stereocenters. The molecule has 0 aliphatic carbocycles. The first-order chi connectivity index (χ1) is 38.1. The molecule has 4 aromatic rings. The summed E-state index contributed by atoms with van der Waals surface area (Å²) in [6.07, 6.45) is 5.90. The van der Waals surface area contributed by atoms with Crippen molar-refractivity contribution in [3.05, 3.63) is 81.0 Å². The molecule has 26 nitrogen and oxygen atoms in total. The van der Waals surface area contributed by atoms with Gasteiger partial charge in [-0.2, -0.15) is 10.2 Å². The number of nitrogens with zero attached hydrogens (tertiary/aromatic N) is 4. The molecule has 0 fully saturated rings. The first kappa shape index (κ1) is 63.6. The van der Waals surface area contributed by atoms with Crippen molar-refractivity contribution < 1.29 is 57.2 Å². The Balaban J connectivity index is 1.08. The molecule has 0 radical (unpaired) electrons. The first-order valence-electron chi connectivity index (χ1n) is 26.2. The number of benzene rings is 2. The van der Waals surface area contributed by atoms with Crippen LogP contribution >= 0.6 is 0 Å². The van der Waals surface area contributed by atoms with Crippen molar-refractivity contribution in [2.45, 2.75) is 97.1 Å². The lowest BCUT2D eigenvalue weighted by Crippen LogP contribution is -2.51. The predicted molar refractivity (Wildman–Crippen MR) is 298 cm³/mol. The molecule has 14 N–H and O–H groups in total. The average molecular weight is 1100 g/mol. The van der Waals surface area contributed by atoms with Gasteiger partial charge in [0.2, 0.25) is 23.6 Å². The van der Waals surface area contributed by atoms with Crippen LogP contribution in [0.25, 0.3) is 11.0 Å². The first-order valence-corrected chi connectivity index (χ1v) is 26.2. The van der Waals surface area contributed by atoms with Crippen LogP contribution in [0.5, 0.6) is 11.5 Å². The Hall–Kier alpha value is -7.94. The quantitative estimate of drug-likeness (QED) is 0.00763. The predicted octanol–water partition coefficient (Wildman–Crippen LogP) is 2.04. The maximum Gasteiger partial charge on any atom is 0.336 e. The highest BCUT2D eigenvalue weighted by atomic mass is 16.5. The van der Waals surface area contributed by atoms with Gasteiger partial charge in [0.1, 0.15) is 29.2 Å².